The van der Waals surface area contributed by atoms with E-state index in [4.69, 9.17) is 16.3 Å². The fourth-order valence-electron chi connectivity index (χ4n) is 2.28. The molecule has 5 nitrogen and oxygen atoms in total. The van der Waals surface area contributed by atoms with Crippen molar-refractivity contribution < 1.29 is 22.3 Å². The van der Waals surface area contributed by atoms with Crippen LogP contribution in [0.25, 0.3) is 0 Å². The topological polar surface area (TPSA) is 50.1 Å². The minimum atomic E-state index is -4.65. The van der Waals surface area contributed by atoms with E-state index in [0.29, 0.717) is 30.5 Å². The van der Waals surface area contributed by atoms with E-state index < -0.39 is 23.4 Å². The van der Waals surface area contributed by atoms with Crippen molar-refractivity contribution in [1.82, 2.24) is 9.99 Å². The van der Waals surface area contributed by atoms with Crippen LogP contribution in [0.1, 0.15) is 5.56 Å². The van der Waals surface area contributed by atoms with Gasteiger partial charge in [0.2, 0.25) is 5.88 Å². The molecule has 0 radical (unpaired) electrons. The number of alkyl halides is 3. The highest BCUT2D eigenvalue weighted by atomic mass is 35.5. The molecule has 1 unspecified atom stereocenters. The standard InChI is InChI=1S/C14H11ClF4N4O/c15-12-9-7-23(22-11(9)1-2-20-12)3-4-24-13-10(16)5-8(6-21-13)14(17,18)19/h1-2,5-6,9H,3-4,7H2. The van der Waals surface area contributed by atoms with Crippen LogP contribution in [0.5, 0.6) is 5.88 Å². The number of hydrogen-bond acceptors (Lipinski definition) is 5. The van der Waals surface area contributed by atoms with Gasteiger partial charge in [0.05, 0.1) is 30.3 Å². The summed E-state index contributed by atoms with van der Waals surface area (Å²) >= 11 is 5.99. The zero-order valence-electron chi connectivity index (χ0n) is 12.1. The maximum Gasteiger partial charge on any atom is 0.417 e. The van der Waals surface area contributed by atoms with Crippen molar-refractivity contribution in [1.29, 1.82) is 0 Å². The molecular formula is C14H11ClF4N4O. The van der Waals surface area contributed by atoms with Crippen LogP contribution in [0.4, 0.5) is 17.6 Å². The van der Waals surface area contributed by atoms with Crippen molar-refractivity contribution in [3.05, 3.63) is 35.9 Å². The summed E-state index contributed by atoms with van der Waals surface area (Å²) in [4.78, 5) is 7.36. The molecule has 0 spiro atoms. The largest absolute Gasteiger partial charge is 0.474 e. The first-order chi connectivity index (χ1) is 11.3. The van der Waals surface area contributed by atoms with Gasteiger partial charge in [-0.3, -0.25) is 5.01 Å². The van der Waals surface area contributed by atoms with Gasteiger partial charge in [0.25, 0.3) is 0 Å². The molecule has 24 heavy (non-hydrogen) atoms. The second-order valence-corrected chi connectivity index (χ2v) is 5.50. The van der Waals surface area contributed by atoms with Crippen LogP contribution in [0, 0.1) is 11.7 Å². The van der Waals surface area contributed by atoms with Crippen LogP contribution < -0.4 is 4.74 Å². The number of fused-ring (bicyclic) bond motifs is 1. The molecule has 0 bridgehead atoms. The number of aromatic nitrogens is 1. The summed E-state index contributed by atoms with van der Waals surface area (Å²) in [6.45, 7) is 0.825. The molecule has 2 aliphatic rings. The molecule has 10 heteroatoms. The Morgan fingerprint density at radius 1 is 1.38 bits per heavy atom. The first-order valence-corrected chi connectivity index (χ1v) is 7.31. The molecule has 2 aliphatic heterocycles. The van der Waals surface area contributed by atoms with Crippen molar-refractivity contribution in [3.63, 3.8) is 0 Å². The Balaban J connectivity index is 1.55. The van der Waals surface area contributed by atoms with E-state index in [1.807, 2.05) is 0 Å². The first-order valence-electron chi connectivity index (χ1n) is 6.93. The average Bonchev–Trinajstić information content (AvgIpc) is 2.92. The van der Waals surface area contributed by atoms with Crippen molar-refractivity contribution >= 4 is 22.5 Å². The lowest BCUT2D eigenvalue weighted by Crippen LogP contribution is -2.27. The third kappa shape index (κ3) is 3.50. The highest BCUT2D eigenvalue weighted by molar-refractivity contribution is 6.68. The Bertz CT molecular complexity index is 732. The molecule has 1 aromatic rings. The minimum absolute atomic E-state index is 0.0112. The van der Waals surface area contributed by atoms with Crippen molar-refractivity contribution in [2.75, 3.05) is 19.7 Å². The van der Waals surface area contributed by atoms with Gasteiger partial charge in [0, 0.05) is 12.4 Å². The first kappa shape index (κ1) is 16.7. The van der Waals surface area contributed by atoms with Gasteiger partial charge in [-0.1, -0.05) is 11.6 Å². The van der Waals surface area contributed by atoms with E-state index in [0.717, 1.165) is 5.71 Å². The van der Waals surface area contributed by atoms with E-state index >= 15 is 0 Å². The summed E-state index contributed by atoms with van der Waals surface area (Å²) in [5.41, 5.74) is -0.392. The molecule has 1 aromatic heterocycles. The molecule has 0 saturated heterocycles. The zero-order chi connectivity index (χ0) is 17.3. The third-order valence-corrected chi connectivity index (χ3v) is 3.82. The number of allylic oxidation sites excluding steroid dienone is 1. The van der Waals surface area contributed by atoms with Gasteiger partial charge in [-0.15, -0.1) is 0 Å². The summed E-state index contributed by atoms with van der Waals surface area (Å²) in [6, 6.07) is 0.355. The molecule has 0 amide bonds. The Hall–Kier alpha value is -2.16. The molecule has 0 N–H and O–H groups in total. The van der Waals surface area contributed by atoms with Gasteiger partial charge in [-0.05, 0) is 12.1 Å². The molecule has 3 heterocycles. The smallest absolute Gasteiger partial charge is 0.417 e. The Morgan fingerprint density at radius 3 is 2.83 bits per heavy atom. The second kappa shape index (κ2) is 6.39. The highest BCUT2D eigenvalue weighted by Crippen LogP contribution is 2.30. The van der Waals surface area contributed by atoms with Crippen LogP contribution in [0.2, 0.25) is 0 Å². The van der Waals surface area contributed by atoms with Crippen molar-refractivity contribution in [3.8, 4) is 5.88 Å². The van der Waals surface area contributed by atoms with E-state index in [9.17, 15) is 17.6 Å². The lowest BCUT2D eigenvalue weighted by molar-refractivity contribution is -0.138. The number of aliphatic imine (C=N–C) groups is 1. The summed E-state index contributed by atoms with van der Waals surface area (Å²) < 4.78 is 56.0. The molecule has 128 valence electrons. The summed E-state index contributed by atoms with van der Waals surface area (Å²) in [6.07, 6.45) is -0.819. The van der Waals surface area contributed by atoms with Crippen molar-refractivity contribution in [2.24, 2.45) is 16.0 Å². The maximum atomic E-state index is 13.6. The van der Waals surface area contributed by atoms with Crippen LogP contribution in [-0.2, 0) is 6.18 Å². The van der Waals surface area contributed by atoms with E-state index in [2.05, 4.69) is 15.1 Å². The van der Waals surface area contributed by atoms with Crippen LogP contribution in [-0.4, -0.2) is 40.6 Å². The van der Waals surface area contributed by atoms with E-state index in [1.54, 1.807) is 17.3 Å². The highest BCUT2D eigenvalue weighted by Gasteiger charge is 2.32. The Labute approximate surface area is 139 Å². The fraction of sp³-hybridized carbons (Fsp3) is 0.357. The van der Waals surface area contributed by atoms with Gasteiger partial charge in [0.1, 0.15) is 11.8 Å². The number of hydrazone groups is 1. The predicted molar refractivity (Wildman–Crippen MR) is 79.6 cm³/mol. The average molecular weight is 363 g/mol. The molecule has 0 saturated carbocycles. The minimum Gasteiger partial charge on any atom is -0.474 e. The fourth-order valence-corrected chi connectivity index (χ4v) is 2.51. The number of hydrogen-bond donors (Lipinski definition) is 0. The molecule has 3 rings (SSSR count). The quantitative estimate of drug-likeness (QED) is 0.773. The molecule has 0 aliphatic carbocycles. The summed E-state index contributed by atoms with van der Waals surface area (Å²) in [5, 5.41) is 6.43. The number of ether oxygens (including phenoxy) is 1. The second-order valence-electron chi connectivity index (χ2n) is 5.11. The van der Waals surface area contributed by atoms with Gasteiger partial charge in [-0.2, -0.15) is 18.3 Å². The summed E-state index contributed by atoms with van der Waals surface area (Å²) in [7, 11) is 0. The zero-order valence-corrected chi connectivity index (χ0v) is 12.9. The molecular weight excluding hydrogens is 352 g/mol. The molecule has 1 atom stereocenters. The molecule has 0 fully saturated rings. The van der Waals surface area contributed by atoms with Crippen LogP contribution >= 0.6 is 11.6 Å². The third-order valence-electron chi connectivity index (χ3n) is 3.46. The monoisotopic (exact) mass is 362 g/mol. The molecule has 0 aromatic carbocycles. The van der Waals surface area contributed by atoms with Crippen LogP contribution in [0.15, 0.2) is 34.6 Å². The number of pyridine rings is 1. The van der Waals surface area contributed by atoms with E-state index in [1.165, 1.54) is 0 Å². The van der Waals surface area contributed by atoms with Gasteiger partial charge in [-0.25, -0.2) is 14.4 Å². The van der Waals surface area contributed by atoms with E-state index in [-0.39, 0.29) is 12.5 Å². The van der Waals surface area contributed by atoms with Crippen LogP contribution in [0.3, 0.4) is 0 Å². The Kier molecular flexibility index (Phi) is 4.44. The number of nitrogens with zero attached hydrogens (tertiary/aromatic N) is 4. The Morgan fingerprint density at radius 2 is 2.17 bits per heavy atom. The number of rotatable bonds is 4. The van der Waals surface area contributed by atoms with Gasteiger partial charge < -0.3 is 4.74 Å². The maximum absolute atomic E-state index is 13.6. The number of halogens is 5. The SMILES string of the molecule is Fc1cc(C(F)(F)F)cnc1OCCN1CC2C(Cl)=NC=CC2=N1. The normalized spacial score (nSPS) is 19.9. The predicted octanol–water partition coefficient (Wildman–Crippen LogP) is 3.07. The van der Waals surface area contributed by atoms with Gasteiger partial charge in [0.15, 0.2) is 5.82 Å². The lowest BCUT2D eigenvalue weighted by atomic mass is 10.0. The lowest BCUT2D eigenvalue weighted by Gasteiger charge is -2.16. The van der Waals surface area contributed by atoms with Crippen molar-refractivity contribution in [2.45, 2.75) is 6.18 Å². The van der Waals surface area contributed by atoms with Gasteiger partial charge >= 0.3 is 6.18 Å². The summed E-state index contributed by atoms with van der Waals surface area (Å²) in [5.74, 6) is -1.74.